The smallest absolute Gasteiger partial charge is 0.340 e. The van der Waals surface area contributed by atoms with Gasteiger partial charge in [-0.25, -0.2) is 23.0 Å². The number of carboxylic acid groups (broad SMARTS) is 1. The van der Waals surface area contributed by atoms with E-state index < -0.39 is 16.0 Å². The van der Waals surface area contributed by atoms with E-state index in [1.165, 1.54) is 28.9 Å². The van der Waals surface area contributed by atoms with Gasteiger partial charge in [0, 0.05) is 21.2 Å². The highest BCUT2D eigenvalue weighted by Crippen LogP contribution is 2.35. The monoisotopic (exact) mass is 487 g/mol. The van der Waals surface area contributed by atoms with Crippen molar-refractivity contribution < 1.29 is 18.3 Å². The maximum Gasteiger partial charge on any atom is 0.340 e. The summed E-state index contributed by atoms with van der Waals surface area (Å²) in [6, 6.07) is 19.0. The number of aromatic nitrogens is 2. The highest BCUT2D eigenvalue weighted by Gasteiger charge is 2.26. The van der Waals surface area contributed by atoms with Gasteiger partial charge in [-0.2, -0.15) is 5.10 Å². The molecule has 0 atom stereocenters. The molecule has 4 aromatic rings. The molecule has 0 aliphatic carbocycles. The van der Waals surface area contributed by atoms with E-state index in [9.17, 15) is 18.3 Å². The number of hydrogen-bond acceptors (Lipinski definition) is 4. The Morgan fingerprint density at radius 1 is 0.844 bits per heavy atom. The lowest BCUT2D eigenvalue weighted by atomic mass is 10.0. The summed E-state index contributed by atoms with van der Waals surface area (Å²) in [6.45, 7) is 0. The zero-order valence-corrected chi connectivity index (χ0v) is 18.6. The second kappa shape index (κ2) is 8.40. The van der Waals surface area contributed by atoms with E-state index in [1.54, 1.807) is 48.5 Å². The summed E-state index contributed by atoms with van der Waals surface area (Å²) in [5.74, 6) is -1.17. The highest BCUT2D eigenvalue weighted by molar-refractivity contribution is 7.89. The number of hydrogen-bond donors (Lipinski definition) is 2. The average Bonchev–Trinajstić information content (AvgIpc) is 3.15. The zero-order chi connectivity index (χ0) is 23.0. The lowest BCUT2D eigenvalue weighted by Crippen LogP contribution is -2.12. The first-order chi connectivity index (χ1) is 15.1. The summed E-state index contributed by atoms with van der Waals surface area (Å²) >= 11 is 12.0. The minimum absolute atomic E-state index is 0.0230. The average molecular weight is 488 g/mol. The van der Waals surface area contributed by atoms with Crippen LogP contribution in [0.25, 0.3) is 28.2 Å². The van der Waals surface area contributed by atoms with Gasteiger partial charge >= 0.3 is 5.97 Å². The molecule has 4 rings (SSSR count). The van der Waals surface area contributed by atoms with Crippen LogP contribution in [-0.2, 0) is 10.0 Å². The molecular formula is C22H15Cl2N3O4S. The Labute approximate surface area is 193 Å². The van der Waals surface area contributed by atoms with Gasteiger partial charge in [0.1, 0.15) is 11.3 Å². The Bertz CT molecular complexity index is 1410. The molecule has 3 aromatic carbocycles. The molecule has 0 saturated carbocycles. The van der Waals surface area contributed by atoms with Crippen molar-refractivity contribution in [2.24, 2.45) is 5.14 Å². The van der Waals surface area contributed by atoms with E-state index >= 15 is 0 Å². The molecule has 162 valence electrons. The number of carbonyl (C=O) groups is 1. The molecule has 0 spiro atoms. The predicted octanol–water partition coefficient (Wildman–Crippen LogP) is 4.86. The van der Waals surface area contributed by atoms with E-state index in [1.807, 2.05) is 0 Å². The molecule has 0 amide bonds. The van der Waals surface area contributed by atoms with Crippen LogP contribution in [0.15, 0.2) is 77.7 Å². The van der Waals surface area contributed by atoms with E-state index in [0.717, 1.165) is 0 Å². The Balaban J connectivity index is 2.01. The summed E-state index contributed by atoms with van der Waals surface area (Å²) in [7, 11) is -3.88. The largest absolute Gasteiger partial charge is 0.478 e. The molecule has 0 saturated heterocycles. The topological polar surface area (TPSA) is 115 Å². The molecule has 10 heteroatoms. The van der Waals surface area contributed by atoms with Crippen molar-refractivity contribution in [3.63, 3.8) is 0 Å². The molecule has 0 bridgehead atoms. The Morgan fingerprint density at radius 2 is 1.34 bits per heavy atom. The number of nitrogens with two attached hydrogens (primary N) is 1. The lowest BCUT2D eigenvalue weighted by molar-refractivity contribution is 0.0698. The second-order valence-electron chi connectivity index (χ2n) is 6.84. The molecule has 3 N–H and O–H groups in total. The first-order valence-corrected chi connectivity index (χ1v) is 11.5. The lowest BCUT2D eigenvalue weighted by Gasteiger charge is -2.09. The maximum absolute atomic E-state index is 12.4. The van der Waals surface area contributed by atoms with Gasteiger partial charge in [0.05, 0.1) is 16.3 Å². The number of sulfonamides is 1. The fourth-order valence-corrected chi connectivity index (χ4v) is 4.04. The number of primary sulfonamides is 1. The van der Waals surface area contributed by atoms with Gasteiger partial charge < -0.3 is 5.11 Å². The van der Waals surface area contributed by atoms with Gasteiger partial charge in [-0.3, -0.25) is 0 Å². The number of rotatable bonds is 5. The fourth-order valence-electron chi connectivity index (χ4n) is 3.27. The molecule has 32 heavy (non-hydrogen) atoms. The Hall–Kier alpha value is -3.17. The SMILES string of the molecule is NS(=O)(=O)c1ccc(-n2nc(-c3ccc(Cl)cc3)c(C(=O)O)c2-c2ccc(Cl)cc2)cc1. The van der Waals surface area contributed by atoms with Crippen LogP contribution in [0.1, 0.15) is 10.4 Å². The van der Waals surface area contributed by atoms with Crippen molar-refractivity contribution in [1.29, 1.82) is 0 Å². The molecule has 0 unspecified atom stereocenters. The summed E-state index contributed by atoms with van der Waals surface area (Å²) in [5.41, 5.74) is 2.09. The van der Waals surface area contributed by atoms with E-state index in [2.05, 4.69) is 5.10 Å². The third-order valence-electron chi connectivity index (χ3n) is 4.74. The molecule has 1 aromatic heterocycles. The molecule has 7 nitrogen and oxygen atoms in total. The second-order valence-corrected chi connectivity index (χ2v) is 9.28. The molecule has 1 heterocycles. The predicted molar refractivity (Wildman–Crippen MR) is 123 cm³/mol. The van der Waals surface area contributed by atoms with Crippen molar-refractivity contribution in [3.8, 4) is 28.2 Å². The number of halogens is 2. The minimum atomic E-state index is -3.88. The summed E-state index contributed by atoms with van der Waals surface area (Å²) < 4.78 is 24.7. The number of benzene rings is 3. The normalized spacial score (nSPS) is 11.5. The van der Waals surface area contributed by atoms with Crippen LogP contribution in [0.4, 0.5) is 0 Å². The van der Waals surface area contributed by atoms with Crippen LogP contribution in [0.2, 0.25) is 10.0 Å². The summed E-state index contributed by atoms with van der Waals surface area (Å²) in [4.78, 5) is 12.3. The molecule has 0 fully saturated rings. The van der Waals surface area contributed by atoms with Crippen LogP contribution in [0.3, 0.4) is 0 Å². The van der Waals surface area contributed by atoms with Gasteiger partial charge in [-0.05, 0) is 48.5 Å². The molecule has 0 aliphatic heterocycles. The number of nitrogens with zero attached hydrogens (tertiary/aromatic N) is 2. The first kappa shape index (κ1) is 22.0. The molecule has 0 aliphatic rings. The highest BCUT2D eigenvalue weighted by atomic mass is 35.5. The van der Waals surface area contributed by atoms with Gasteiger partial charge in [-0.1, -0.05) is 47.5 Å². The van der Waals surface area contributed by atoms with Gasteiger partial charge in [-0.15, -0.1) is 0 Å². The van der Waals surface area contributed by atoms with Crippen LogP contribution in [-0.4, -0.2) is 29.3 Å². The van der Waals surface area contributed by atoms with Crippen molar-refractivity contribution in [2.75, 3.05) is 0 Å². The molecular weight excluding hydrogens is 473 g/mol. The summed E-state index contributed by atoms with van der Waals surface area (Å²) in [5, 5.41) is 20.8. The fraction of sp³-hybridized carbons (Fsp3) is 0. The van der Waals surface area contributed by atoms with Crippen molar-refractivity contribution >= 4 is 39.2 Å². The Morgan fingerprint density at radius 3 is 1.81 bits per heavy atom. The maximum atomic E-state index is 12.4. The quantitative estimate of drug-likeness (QED) is 0.416. The minimum Gasteiger partial charge on any atom is -0.478 e. The van der Waals surface area contributed by atoms with Crippen LogP contribution in [0.5, 0.6) is 0 Å². The number of aromatic carboxylic acids is 1. The van der Waals surface area contributed by atoms with Crippen LogP contribution in [0, 0.1) is 0 Å². The van der Waals surface area contributed by atoms with Crippen molar-refractivity contribution in [1.82, 2.24) is 9.78 Å². The first-order valence-electron chi connectivity index (χ1n) is 9.16. The van der Waals surface area contributed by atoms with E-state index in [-0.39, 0.29) is 16.2 Å². The van der Waals surface area contributed by atoms with Gasteiger partial charge in [0.15, 0.2) is 0 Å². The molecule has 0 radical (unpaired) electrons. The van der Waals surface area contributed by atoms with E-state index in [0.29, 0.717) is 32.6 Å². The van der Waals surface area contributed by atoms with Crippen LogP contribution < -0.4 is 5.14 Å². The zero-order valence-electron chi connectivity index (χ0n) is 16.2. The number of carboxylic acids is 1. The van der Waals surface area contributed by atoms with Crippen molar-refractivity contribution in [2.45, 2.75) is 4.90 Å². The standard InChI is InChI=1S/C22H15Cl2N3O4S/c23-15-5-1-13(2-6-15)20-19(22(28)29)21(14-3-7-16(24)8-4-14)27(26-20)17-9-11-18(12-10-17)32(25,30)31/h1-12H,(H,28,29)(H2,25,30,31). The third-order valence-corrected chi connectivity index (χ3v) is 6.18. The van der Waals surface area contributed by atoms with Crippen LogP contribution >= 0.6 is 23.2 Å². The van der Waals surface area contributed by atoms with Gasteiger partial charge in [0.2, 0.25) is 10.0 Å². The van der Waals surface area contributed by atoms with E-state index in [4.69, 9.17) is 28.3 Å². The summed E-state index contributed by atoms with van der Waals surface area (Å²) in [6.07, 6.45) is 0. The van der Waals surface area contributed by atoms with Crippen molar-refractivity contribution in [3.05, 3.63) is 88.4 Å². The Kier molecular flexibility index (Phi) is 5.79. The third kappa shape index (κ3) is 4.26. The van der Waals surface area contributed by atoms with Gasteiger partial charge in [0.25, 0.3) is 0 Å².